The van der Waals surface area contributed by atoms with Crippen LogP contribution in [0.2, 0.25) is 5.28 Å². The lowest BCUT2D eigenvalue weighted by Gasteiger charge is -1.99. The summed E-state index contributed by atoms with van der Waals surface area (Å²) in [5.74, 6) is 0. The number of hydrogen-bond acceptors (Lipinski definition) is 5. The Kier molecular flexibility index (Phi) is 2.96. The van der Waals surface area contributed by atoms with E-state index in [0.29, 0.717) is 5.01 Å². The average molecular weight is 275 g/mol. The first-order chi connectivity index (χ1) is 7.47. The monoisotopic (exact) mass is 274 g/mol. The highest BCUT2D eigenvalue weighted by Crippen LogP contribution is 2.24. The maximum absolute atomic E-state index is 11.2. The lowest BCUT2D eigenvalue weighted by atomic mass is 10.2. The van der Waals surface area contributed by atoms with E-state index in [-0.39, 0.29) is 10.2 Å². The maximum atomic E-state index is 11.2. The largest absolute Gasteiger partial charge is 0.234 e. The summed E-state index contributed by atoms with van der Waals surface area (Å²) in [7, 11) is -3.16. The molecule has 0 radical (unpaired) electrons. The minimum Gasteiger partial charge on any atom is -0.224 e. The van der Waals surface area contributed by atoms with Gasteiger partial charge in [0.25, 0.3) is 0 Å². The van der Waals surface area contributed by atoms with E-state index in [1.54, 1.807) is 24.3 Å². The van der Waals surface area contributed by atoms with Crippen LogP contribution in [0.15, 0.2) is 29.2 Å². The van der Waals surface area contributed by atoms with Crippen LogP contribution >= 0.6 is 23.1 Å². The first kappa shape index (κ1) is 11.5. The number of aromatic nitrogens is 2. The highest BCUT2D eigenvalue weighted by molar-refractivity contribution is 7.90. The van der Waals surface area contributed by atoms with Crippen LogP contribution in [0.3, 0.4) is 0 Å². The second-order valence-corrected chi connectivity index (χ2v) is 6.27. The third-order valence-electron chi connectivity index (χ3n) is 1.93. The Morgan fingerprint density at radius 2 is 1.88 bits per heavy atom. The molecule has 0 unspecified atom stereocenters. The van der Waals surface area contributed by atoms with Crippen molar-refractivity contribution in [3.05, 3.63) is 29.5 Å². The van der Waals surface area contributed by atoms with Gasteiger partial charge < -0.3 is 0 Å². The fourth-order valence-electron chi connectivity index (χ4n) is 1.17. The molecule has 1 aromatic heterocycles. The predicted molar refractivity (Wildman–Crippen MR) is 63.5 cm³/mol. The summed E-state index contributed by atoms with van der Waals surface area (Å²) in [6, 6.07) is 6.46. The summed E-state index contributed by atoms with van der Waals surface area (Å²) in [4.78, 5) is 4.28. The summed E-state index contributed by atoms with van der Waals surface area (Å²) in [6.07, 6.45) is 1.17. The fraction of sp³-hybridized carbons (Fsp3) is 0.111. The second-order valence-electron chi connectivity index (χ2n) is 3.17. The van der Waals surface area contributed by atoms with E-state index in [1.165, 1.54) is 17.8 Å². The van der Waals surface area contributed by atoms with Gasteiger partial charge in [-0.2, -0.15) is 4.37 Å². The number of rotatable bonds is 2. The van der Waals surface area contributed by atoms with E-state index < -0.39 is 9.84 Å². The van der Waals surface area contributed by atoms with Gasteiger partial charge in [0.05, 0.1) is 4.90 Å². The van der Waals surface area contributed by atoms with Crippen LogP contribution < -0.4 is 0 Å². The molecule has 2 rings (SSSR count). The predicted octanol–water partition coefficient (Wildman–Crippen LogP) is 2.26. The molecule has 1 heterocycles. The lowest BCUT2D eigenvalue weighted by Crippen LogP contribution is -1.96. The van der Waals surface area contributed by atoms with Gasteiger partial charge in [-0.1, -0.05) is 12.1 Å². The molecule has 2 aromatic rings. The van der Waals surface area contributed by atoms with E-state index in [9.17, 15) is 8.42 Å². The van der Waals surface area contributed by atoms with Crippen molar-refractivity contribution < 1.29 is 8.42 Å². The first-order valence-electron chi connectivity index (χ1n) is 4.26. The molecule has 0 N–H and O–H groups in total. The van der Waals surface area contributed by atoms with Crippen LogP contribution in [0.5, 0.6) is 0 Å². The summed E-state index contributed by atoms with van der Waals surface area (Å²) in [6.45, 7) is 0. The second kappa shape index (κ2) is 4.12. The Bertz CT molecular complexity index is 605. The van der Waals surface area contributed by atoms with Gasteiger partial charge in [-0.15, -0.1) is 0 Å². The van der Waals surface area contributed by atoms with Gasteiger partial charge in [-0.05, 0) is 35.3 Å². The molecule has 0 amide bonds. The zero-order valence-electron chi connectivity index (χ0n) is 8.21. The molecule has 0 fully saturated rings. The number of hydrogen-bond donors (Lipinski definition) is 0. The Hall–Kier alpha value is -0.980. The molecule has 0 aliphatic carbocycles. The van der Waals surface area contributed by atoms with Gasteiger partial charge in [0.15, 0.2) is 9.84 Å². The van der Waals surface area contributed by atoms with Crippen molar-refractivity contribution in [2.24, 2.45) is 0 Å². The third kappa shape index (κ3) is 2.40. The number of sulfone groups is 1. The minimum absolute atomic E-state index is 0.201. The van der Waals surface area contributed by atoms with Gasteiger partial charge in [0, 0.05) is 11.8 Å². The number of benzene rings is 1. The van der Waals surface area contributed by atoms with Gasteiger partial charge in [0.2, 0.25) is 5.28 Å². The van der Waals surface area contributed by atoms with Crippen LogP contribution in [-0.4, -0.2) is 24.0 Å². The molecule has 0 aliphatic rings. The van der Waals surface area contributed by atoms with Gasteiger partial charge >= 0.3 is 0 Å². The summed E-state index contributed by atoms with van der Waals surface area (Å²) < 4.78 is 26.3. The zero-order chi connectivity index (χ0) is 11.8. The Labute approximate surface area is 102 Å². The van der Waals surface area contributed by atoms with Crippen molar-refractivity contribution in [2.75, 3.05) is 6.26 Å². The van der Waals surface area contributed by atoms with Crippen molar-refractivity contribution in [3.8, 4) is 10.6 Å². The Morgan fingerprint density at radius 3 is 2.31 bits per heavy atom. The first-order valence-corrected chi connectivity index (χ1v) is 7.31. The molecule has 84 valence electrons. The normalized spacial score (nSPS) is 11.6. The van der Waals surface area contributed by atoms with Crippen molar-refractivity contribution >= 4 is 33.0 Å². The van der Waals surface area contributed by atoms with Crippen molar-refractivity contribution in [1.29, 1.82) is 0 Å². The average Bonchev–Trinajstić information content (AvgIpc) is 2.64. The van der Waals surface area contributed by atoms with Crippen molar-refractivity contribution in [1.82, 2.24) is 9.36 Å². The van der Waals surface area contributed by atoms with Crippen LogP contribution in [0, 0.1) is 0 Å². The smallest absolute Gasteiger partial charge is 0.224 e. The molecule has 0 aliphatic heterocycles. The van der Waals surface area contributed by atoms with Crippen LogP contribution in [0.4, 0.5) is 0 Å². The quantitative estimate of drug-likeness (QED) is 0.843. The van der Waals surface area contributed by atoms with E-state index in [1.807, 2.05) is 0 Å². The van der Waals surface area contributed by atoms with E-state index >= 15 is 0 Å². The minimum atomic E-state index is -3.16. The van der Waals surface area contributed by atoms with Gasteiger partial charge in [0.1, 0.15) is 5.01 Å². The van der Waals surface area contributed by atoms with Gasteiger partial charge in [-0.3, -0.25) is 0 Å². The van der Waals surface area contributed by atoms with E-state index in [2.05, 4.69) is 9.36 Å². The maximum Gasteiger partial charge on any atom is 0.234 e. The number of nitrogens with zero attached hydrogens (tertiary/aromatic N) is 2. The molecule has 7 heteroatoms. The standard InChI is InChI=1S/C9H7ClN2O2S2/c1-16(13,14)7-4-2-6(3-5-7)8-11-9(10)12-15-8/h2-5H,1H3. The van der Waals surface area contributed by atoms with Crippen molar-refractivity contribution in [3.63, 3.8) is 0 Å². The molecule has 0 spiro atoms. The molecule has 0 bridgehead atoms. The summed E-state index contributed by atoms with van der Waals surface area (Å²) in [5, 5.41) is 0.872. The molecule has 0 saturated heterocycles. The molecular formula is C9H7ClN2O2S2. The zero-order valence-corrected chi connectivity index (χ0v) is 10.6. The molecule has 1 aromatic carbocycles. The molecular weight excluding hydrogens is 268 g/mol. The lowest BCUT2D eigenvalue weighted by molar-refractivity contribution is 0.602. The topological polar surface area (TPSA) is 59.9 Å². The molecule has 16 heavy (non-hydrogen) atoms. The summed E-state index contributed by atoms with van der Waals surface area (Å²) >= 11 is 6.78. The van der Waals surface area contributed by atoms with Gasteiger partial charge in [-0.25, -0.2) is 13.4 Å². The third-order valence-corrected chi connectivity index (χ3v) is 4.09. The van der Waals surface area contributed by atoms with E-state index in [0.717, 1.165) is 5.56 Å². The SMILES string of the molecule is CS(=O)(=O)c1ccc(-c2nc(Cl)ns2)cc1. The molecule has 0 atom stereocenters. The van der Waals surface area contributed by atoms with Crippen molar-refractivity contribution in [2.45, 2.75) is 4.90 Å². The highest BCUT2D eigenvalue weighted by atomic mass is 35.5. The Balaban J connectivity index is 2.40. The van der Waals surface area contributed by atoms with Crippen LogP contribution in [0.1, 0.15) is 0 Å². The Morgan fingerprint density at radius 1 is 1.25 bits per heavy atom. The summed E-state index contributed by atoms with van der Waals surface area (Å²) in [5.41, 5.74) is 0.803. The highest BCUT2D eigenvalue weighted by Gasteiger charge is 2.08. The van der Waals surface area contributed by atoms with Crippen LogP contribution in [0.25, 0.3) is 10.6 Å². The molecule has 4 nitrogen and oxygen atoms in total. The molecule has 0 saturated carbocycles. The van der Waals surface area contributed by atoms with Crippen LogP contribution in [-0.2, 0) is 9.84 Å². The van der Waals surface area contributed by atoms with E-state index in [4.69, 9.17) is 11.6 Å². The number of halogens is 1. The fourth-order valence-corrected chi connectivity index (χ4v) is 2.61.